The minimum atomic E-state index is -3.87. The Morgan fingerprint density at radius 3 is 1.44 bits per heavy atom. The predicted octanol–water partition coefficient (Wildman–Crippen LogP) is 3.74. The average molecular weight is 401 g/mol. The van der Waals surface area contributed by atoms with Crippen molar-refractivity contribution < 1.29 is 18.0 Å². The molecule has 0 atom stereocenters. The van der Waals surface area contributed by atoms with Gasteiger partial charge in [-0.3, -0.25) is 9.59 Å². The summed E-state index contributed by atoms with van der Waals surface area (Å²) in [6.07, 6.45) is 0. The van der Waals surface area contributed by atoms with E-state index in [1.165, 1.54) is 50.2 Å². The first-order valence-corrected chi connectivity index (χ1v) is 9.24. The predicted molar refractivity (Wildman–Crippen MR) is 97.0 cm³/mol. The molecule has 25 heavy (non-hydrogen) atoms. The zero-order valence-corrected chi connectivity index (χ0v) is 15.6. The number of amides is 2. The molecule has 0 aliphatic rings. The van der Waals surface area contributed by atoms with Gasteiger partial charge in [0.15, 0.2) is 0 Å². The summed E-state index contributed by atoms with van der Waals surface area (Å²) in [6, 6.07) is 7.98. The minimum Gasteiger partial charge on any atom is -0.325 e. The van der Waals surface area contributed by atoms with Gasteiger partial charge >= 0.3 is 0 Å². The van der Waals surface area contributed by atoms with Crippen LogP contribution < -0.4 is 10.6 Å². The molecule has 0 spiro atoms. The Kier molecular flexibility index (Phi) is 5.72. The van der Waals surface area contributed by atoms with Crippen molar-refractivity contribution >= 4 is 56.2 Å². The molecule has 2 amide bonds. The van der Waals surface area contributed by atoms with E-state index in [9.17, 15) is 18.0 Å². The first-order chi connectivity index (χ1) is 11.6. The van der Waals surface area contributed by atoms with E-state index in [2.05, 4.69) is 10.6 Å². The molecule has 2 aromatic carbocycles. The molecule has 0 radical (unpaired) electrons. The fourth-order valence-electron chi connectivity index (χ4n) is 2.04. The van der Waals surface area contributed by atoms with Crippen LogP contribution in [0.5, 0.6) is 0 Å². The quantitative estimate of drug-likeness (QED) is 0.817. The summed E-state index contributed by atoms with van der Waals surface area (Å²) < 4.78 is 25.4. The maximum atomic E-state index is 12.7. The first kappa shape index (κ1) is 19.2. The Bertz CT molecular complexity index is 887. The van der Waals surface area contributed by atoms with Gasteiger partial charge in [0.2, 0.25) is 21.7 Å². The number of anilines is 2. The fourth-order valence-corrected chi connectivity index (χ4v) is 3.94. The molecule has 0 aliphatic heterocycles. The Morgan fingerprint density at radius 1 is 0.800 bits per heavy atom. The second-order valence-corrected chi connectivity index (χ2v) is 7.91. The summed E-state index contributed by atoms with van der Waals surface area (Å²) in [4.78, 5) is 22.1. The van der Waals surface area contributed by atoms with Gasteiger partial charge in [0, 0.05) is 13.8 Å². The van der Waals surface area contributed by atoms with Crippen molar-refractivity contribution in [2.45, 2.75) is 23.6 Å². The SMILES string of the molecule is CC(=O)Nc1ccc(S(=O)(=O)c2ccc(NC(C)=O)c(Cl)c2)cc1Cl. The summed E-state index contributed by atoms with van der Waals surface area (Å²) in [7, 11) is -3.87. The molecule has 0 aromatic heterocycles. The van der Waals surface area contributed by atoms with Crippen LogP contribution in [0.4, 0.5) is 11.4 Å². The number of carbonyl (C=O) groups is 2. The summed E-state index contributed by atoms with van der Waals surface area (Å²) in [5, 5.41) is 5.19. The Hall–Kier alpha value is -2.09. The molecule has 0 aliphatic carbocycles. The van der Waals surface area contributed by atoms with Crippen LogP contribution in [0.3, 0.4) is 0 Å². The van der Waals surface area contributed by atoms with E-state index in [4.69, 9.17) is 23.2 Å². The fraction of sp³-hybridized carbons (Fsp3) is 0.125. The molecule has 0 saturated heterocycles. The highest BCUT2D eigenvalue weighted by Crippen LogP contribution is 2.31. The van der Waals surface area contributed by atoms with E-state index < -0.39 is 9.84 Å². The van der Waals surface area contributed by atoms with Gasteiger partial charge < -0.3 is 10.6 Å². The second kappa shape index (κ2) is 7.43. The topological polar surface area (TPSA) is 92.3 Å². The van der Waals surface area contributed by atoms with Gasteiger partial charge in [0.05, 0.1) is 31.2 Å². The third-order valence-electron chi connectivity index (χ3n) is 3.12. The largest absolute Gasteiger partial charge is 0.325 e. The second-order valence-electron chi connectivity index (χ2n) is 5.15. The van der Waals surface area contributed by atoms with E-state index in [0.29, 0.717) is 11.4 Å². The van der Waals surface area contributed by atoms with Crippen molar-refractivity contribution in [3.63, 3.8) is 0 Å². The highest BCUT2D eigenvalue weighted by molar-refractivity contribution is 7.91. The van der Waals surface area contributed by atoms with Crippen molar-refractivity contribution in [3.05, 3.63) is 46.4 Å². The van der Waals surface area contributed by atoms with E-state index in [1.807, 2.05) is 0 Å². The molecule has 2 N–H and O–H groups in total. The molecule has 9 heteroatoms. The monoisotopic (exact) mass is 400 g/mol. The summed E-state index contributed by atoms with van der Waals surface area (Å²) in [6.45, 7) is 2.64. The Balaban J connectivity index is 2.42. The van der Waals surface area contributed by atoms with Gasteiger partial charge in [-0.2, -0.15) is 0 Å². The van der Waals surface area contributed by atoms with Crippen molar-refractivity contribution in [1.82, 2.24) is 0 Å². The molecule has 0 saturated carbocycles. The lowest BCUT2D eigenvalue weighted by Gasteiger charge is -2.10. The van der Waals surface area contributed by atoms with Crippen LogP contribution in [0, 0.1) is 0 Å². The molecule has 6 nitrogen and oxygen atoms in total. The Labute approximate surface area is 155 Å². The van der Waals surface area contributed by atoms with Crippen LogP contribution in [0.2, 0.25) is 10.0 Å². The van der Waals surface area contributed by atoms with Crippen LogP contribution in [-0.4, -0.2) is 20.2 Å². The summed E-state index contributed by atoms with van der Waals surface area (Å²) in [5.74, 6) is -0.643. The molecule has 2 aromatic rings. The third-order valence-corrected chi connectivity index (χ3v) is 5.50. The lowest BCUT2D eigenvalue weighted by Crippen LogP contribution is -2.08. The smallest absolute Gasteiger partial charge is 0.221 e. The first-order valence-electron chi connectivity index (χ1n) is 7.00. The molecule has 0 fully saturated rings. The lowest BCUT2D eigenvalue weighted by molar-refractivity contribution is -0.115. The van der Waals surface area contributed by atoms with E-state index >= 15 is 0 Å². The van der Waals surface area contributed by atoms with Gasteiger partial charge in [0.1, 0.15) is 0 Å². The van der Waals surface area contributed by atoms with Gasteiger partial charge in [0.25, 0.3) is 0 Å². The third kappa shape index (κ3) is 4.50. The van der Waals surface area contributed by atoms with Crippen molar-refractivity contribution in [1.29, 1.82) is 0 Å². The van der Waals surface area contributed by atoms with E-state index in [-0.39, 0.29) is 31.7 Å². The van der Waals surface area contributed by atoms with Crippen LogP contribution in [-0.2, 0) is 19.4 Å². The standard InChI is InChI=1S/C16H14Cl2N2O4S/c1-9(21)19-15-5-3-11(7-13(15)17)25(23,24)12-4-6-16(14(18)8-12)20-10(2)22/h3-8H,1-2H3,(H,19,21)(H,20,22). The van der Waals surface area contributed by atoms with Gasteiger partial charge in [-0.15, -0.1) is 0 Å². The number of hydrogen-bond donors (Lipinski definition) is 2. The molecular formula is C16H14Cl2N2O4S. The zero-order chi connectivity index (χ0) is 18.8. The van der Waals surface area contributed by atoms with E-state index in [0.717, 1.165) is 0 Å². The van der Waals surface area contributed by atoms with Gasteiger partial charge in [-0.25, -0.2) is 8.42 Å². The van der Waals surface area contributed by atoms with Crippen LogP contribution >= 0.6 is 23.2 Å². The summed E-state index contributed by atoms with van der Waals surface area (Å²) in [5.41, 5.74) is 0.624. The number of hydrogen-bond acceptors (Lipinski definition) is 4. The van der Waals surface area contributed by atoms with Crippen LogP contribution in [0.1, 0.15) is 13.8 Å². The van der Waals surface area contributed by atoms with Gasteiger partial charge in [-0.05, 0) is 36.4 Å². The number of nitrogens with one attached hydrogen (secondary N) is 2. The maximum Gasteiger partial charge on any atom is 0.221 e. The van der Waals surface area contributed by atoms with E-state index in [1.54, 1.807) is 0 Å². The molecular weight excluding hydrogens is 387 g/mol. The number of sulfone groups is 1. The normalized spacial score (nSPS) is 11.0. The minimum absolute atomic E-state index is 0.0463. The number of benzene rings is 2. The number of halogens is 2. The van der Waals surface area contributed by atoms with Gasteiger partial charge in [-0.1, -0.05) is 23.2 Å². The van der Waals surface area contributed by atoms with Crippen molar-refractivity contribution in [3.8, 4) is 0 Å². The summed E-state index contributed by atoms with van der Waals surface area (Å²) >= 11 is 12.1. The molecule has 0 unspecified atom stereocenters. The Morgan fingerprint density at radius 2 is 1.16 bits per heavy atom. The highest BCUT2D eigenvalue weighted by atomic mass is 35.5. The highest BCUT2D eigenvalue weighted by Gasteiger charge is 2.20. The number of carbonyl (C=O) groups excluding carboxylic acids is 2. The average Bonchev–Trinajstić information content (AvgIpc) is 2.50. The lowest BCUT2D eigenvalue weighted by atomic mass is 10.3. The maximum absolute atomic E-state index is 12.7. The molecule has 2 rings (SSSR count). The van der Waals surface area contributed by atoms with Crippen molar-refractivity contribution in [2.75, 3.05) is 10.6 Å². The number of rotatable bonds is 4. The van der Waals surface area contributed by atoms with Crippen molar-refractivity contribution in [2.24, 2.45) is 0 Å². The van der Waals surface area contributed by atoms with Crippen LogP contribution in [0.25, 0.3) is 0 Å². The molecule has 132 valence electrons. The molecule has 0 heterocycles. The molecule has 0 bridgehead atoms. The van der Waals surface area contributed by atoms with Crippen LogP contribution in [0.15, 0.2) is 46.2 Å². The zero-order valence-electron chi connectivity index (χ0n) is 13.3.